The summed E-state index contributed by atoms with van der Waals surface area (Å²) in [6.45, 7) is -0.360. The van der Waals surface area contributed by atoms with Crippen molar-refractivity contribution in [2.45, 2.75) is 12.5 Å². The molecule has 1 aromatic carbocycles. The molecule has 0 saturated carbocycles. The van der Waals surface area contributed by atoms with E-state index in [1.165, 1.54) is 11.8 Å². The maximum Gasteiger partial charge on any atom is 0.262 e. The Bertz CT molecular complexity index is 623. The first-order chi connectivity index (χ1) is 10.1. The van der Waals surface area contributed by atoms with Gasteiger partial charge in [-0.3, -0.25) is 24.1 Å². The van der Waals surface area contributed by atoms with Crippen LogP contribution in [0.1, 0.15) is 27.1 Å². The fourth-order valence-corrected chi connectivity index (χ4v) is 3.33. The number of hydrogen-bond acceptors (Lipinski definition) is 5. The summed E-state index contributed by atoms with van der Waals surface area (Å²) >= 11 is 1.18. The Kier molecular flexibility index (Phi) is 3.50. The van der Waals surface area contributed by atoms with Crippen molar-refractivity contribution in [3.8, 4) is 0 Å². The second-order valence-electron chi connectivity index (χ2n) is 4.82. The zero-order valence-electron chi connectivity index (χ0n) is 11.0. The summed E-state index contributed by atoms with van der Waals surface area (Å²) in [5.41, 5.74) is 0.616. The van der Waals surface area contributed by atoms with E-state index in [1.807, 2.05) is 0 Å². The van der Waals surface area contributed by atoms with Crippen molar-refractivity contribution in [2.75, 3.05) is 12.3 Å². The molecule has 6 nitrogen and oxygen atoms in total. The highest BCUT2D eigenvalue weighted by atomic mass is 32.2. The monoisotopic (exact) mass is 304 g/mol. The summed E-state index contributed by atoms with van der Waals surface area (Å²) in [5.74, 6) is -0.766. The van der Waals surface area contributed by atoms with E-state index in [0.717, 1.165) is 4.90 Å². The van der Waals surface area contributed by atoms with Gasteiger partial charge in [0, 0.05) is 5.75 Å². The van der Waals surface area contributed by atoms with Gasteiger partial charge < -0.3 is 5.32 Å². The zero-order chi connectivity index (χ0) is 15.0. The van der Waals surface area contributed by atoms with E-state index in [1.54, 1.807) is 24.3 Å². The molecule has 0 bridgehead atoms. The van der Waals surface area contributed by atoms with Gasteiger partial charge in [-0.25, -0.2) is 0 Å². The van der Waals surface area contributed by atoms with E-state index in [9.17, 15) is 19.2 Å². The predicted octanol–water partition coefficient (Wildman–Crippen LogP) is 0.431. The number of fused-ring (bicyclic) bond motifs is 1. The smallest absolute Gasteiger partial charge is 0.262 e. The third-order valence-electron chi connectivity index (χ3n) is 3.45. The van der Waals surface area contributed by atoms with Gasteiger partial charge in [0.1, 0.15) is 6.54 Å². The molecular formula is C14H12N2O4S. The predicted molar refractivity (Wildman–Crippen MR) is 75.8 cm³/mol. The molecule has 2 aliphatic rings. The second-order valence-corrected chi connectivity index (χ2v) is 5.92. The first kappa shape index (κ1) is 13.8. The van der Waals surface area contributed by atoms with Gasteiger partial charge in [0.2, 0.25) is 11.0 Å². The Morgan fingerprint density at radius 2 is 1.81 bits per heavy atom. The van der Waals surface area contributed by atoms with E-state index < -0.39 is 23.8 Å². The number of thioether (sulfide) groups is 1. The molecule has 1 atom stereocenters. The van der Waals surface area contributed by atoms with Crippen molar-refractivity contribution in [1.82, 2.24) is 10.2 Å². The summed E-state index contributed by atoms with van der Waals surface area (Å²) in [7, 11) is 0. The lowest BCUT2D eigenvalue weighted by molar-refractivity contribution is -0.124. The molecule has 1 saturated heterocycles. The van der Waals surface area contributed by atoms with Gasteiger partial charge >= 0.3 is 0 Å². The topological polar surface area (TPSA) is 83.6 Å². The second kappa shape index (κ2) is 5.33. The number of nitrogens with zero attached hydrogens (tertiary/aromatic N) is 1. The molecule has 3 amide bonds. The normalized spacial score (nSPS) is 20.9. The number of nitrogens with one attached hydrogen (secondary N) is 1. The van der Waals surface area contributed by atoms with Crippen molar-refractivity contribution in [3.05, 3.63) is 35.4 Å². The minimum Gasteiger partial charge on any atom is -0.344 e. The summed E-state index contributed by atoms with van der Waals surface area (Å²) in [5, 5.41) is 2.49. The van der Waals surface area contributed by atoms with Crippen LogP contribution in [0.5, 0.6) is 0 Å². The number of carbonyl (C=O) groups excluding carboxylic acids is 4. The molecule has 1 N–H and O–H groups in total. The molecule has 108 valence electrons. The van der Waals surface area contributed by atoms with Gasteiger partial charge in [-0.1, -0.05) is 23.9 Å². The third-order valence-corrected chi connectivity index (χ3v) is 4.46. The van der Waals surface area contributed by atoms with Crippen LogP contribution in [-0.2, 0) is 9.59 Å². The molecule has 0 spiro atoms. The van der Waals surface area contributed by atoms with Gasteiger partial charge in [0.05, 0.1) is 17.2 Å². The lowest BCUT2D eigenvalue weighted by Crippen LogP contribution is -2.45. The average Bonchev–Trinajstić information content (AvgIpc) is 2.97. The Labute approximate surface area is 124 Å². The molecule has 1 fully saturated rings. The number of imide groups is 1. The van der Waals surface area contributed by atoms with E-state index in [4.69, 9.17) is 0 Å². The largest absolute Gasteiger partial charge is 0.344 e. The van der Waals surface area contributed by atoms with E-state index in [-0.39, 0.29) is 11.7 Å². The molecule has 3 rings (SSSR count). The fraction of sp³-hybridized carbons (Fsp3) is 0.286. The van der Waals surface area contributed by atoms with Gasteiger partial charge in [-0.15, -0.1) is 0 Å². The highest BCUT2D eigenvalue weighted by molar-refractivity contribution is 8.14. The summed E-state index contributed by atoms with van der Waals surface area (Å²) < 4.78 is 0. The molecule has 2 heterocycles. The van der Waals surface area contributed by atoms with Gasteiger partial charge in [0.15, 0.2) is 0 Å². The highest BCUT2D eigenvalue weighted by Gasteiger charge is 2.37. The van der Waals surface area contributed by atoms with Crippen molar-refractivity contribution in [1.29, 1.82) is 0 Å². The minimum absolute atomic E-state index is 0.0780. The standard InChI is InChI=1S/C14H12N2O4S/c17-11(15-10-5-6-21-14(10)20)7-16-12(18)8-3-1-2-4-9(8)13(16)19/h1-4,10H,5-7H2,(H,15,17)/t10-/m1/s1. The molecule has 7 heteroatoms. The van der Waals surface area contributed by atoms with Crippen LogP contribution in [-0.4, -0.2) is 46.1 Å². The average molecular weight is 304 g/mol. The summed E-state index contributed by atoms with van der Waals surface area (Å²) in [4.78, 5) is 48.5. The van der Waals surface area contributed by atoms with Crippen LogP contribution in [0.15, 0.2) is 24.3 Å². The van der Waals surface area contributed by atoms with Gasteiger partial charge in [-0.05, 0) is 18.6 Å². The number of hydrogen-bond donors (Lipinski definition) is 1. The summed E-state index contributed by atoms with van der Waals surface area (Å²) in [6.07, 6.45) is 0.581. The lowest BCUT2D eigenvalue weighted by atomic mass is 10.1. The first-order valence-electron chi connectivity index (χ1n) is 6.49. The molecular weight excluding hydrogens is 292 g/mol. The van der Waals surface area contributed by atoms with Crippen LogP contribution in [0.25, 0.3) is 0 Å². The number of benzene rings is 1. The van der Waals surface area contributed by atoms with E-state index in [0.29, 0.717) is 23.3 Å². The fourth-order valence-electron chi connectivity index (χ4n) is 2.39. The van der Waals surface area contributed by atoms with Crippen molar-refractivity contribution in [2.24, 2.45) is 0 Å². The Hall–Kier alpha value is -2.15. The maximum atomic E-state index is 12.1. The molecule has 0 aromatic heterocycles. The maximum absolute atomic E-state index is 12.1. The third kappa shape index (κ3) is 2.44. The van der Waals surface area contributed by atoms with E-state index >= 15 is 0 Å². The first-order valence-corrected chi connectivity index (χ1v) is 7.47. The molecule has 0 radical (unpaired) electrons. The zero-order valence-corrected chi connectivity index (χ0v) is 11.8. The highest BCUT2D eigenvalue weighted by Crippen LogP contribution is 2.22. The van der Waals surface area contributed by atoms with Crippen LogP contribution in [0.3, 0.4) is 0 Å². The van der Waals surface area contributed by atoms with Crippen LogP contribution in [0.4, 0.5) is 0 Å². The van der Waals surface area contributed by atoms with Crippen LogP contribution in [0, 0.1) is 0 Å². The number of rotatable bonds is 3. The number of carbonyl (C=O) groups is 4. The van der Waals surface area contributed by atoms with Crippen molar-refractivity contribution >= 4 is 34.6 Å². The summed E-state index contributed by atoms with van der Waals surface area (Å²) in [6, 6.07) is 5.94. The van der Waals surface area contributed by atoms with Gasteiger partial charge in [-0.2, -0.15) is 0 Å². The molecule has 0 unspecified atom stereocenters. The quantitative estimate of drug-likeness (QED) is 0.819. The molecule has 1 aromatic rings. The minimum atomic E-state index is -0.516. The molecule has 21 heavy (non-hydrogen) atoms. The van der Waals surface area contributed by atoms with Crippen molar-refractivity contribution in [3.63, 3.8) is 0 Å². The number of amides is 3. The van der Waals surface area contributed by atoms with Gasteiger partial charge in [0.25, 0.3) is 11.8 Å². The Morgan fingerprint density at radius 3 is 2.33 bits per heavy atom. The van der Waals surface area contributed by atoms with Crippen LogP contribution in [0.2, 0.25) is 0 Å². The van der Waals surface area contributed by atoms with E-state index in [2.05, 4.69) is 5.32 Å². The lowest BCUT2D eigenvalue weighted by Gasteiger charge is -2.15. The SMILES string of the molecule is O=C(CN1C(=O)c2ccccc2C1=O)N[C@@H]1CCSC1=O. The van der Waals surface area contributed by atoms with Crippen molar-refractivity contribution < 1.29 is 19.2 Å². The molecule has 2 aliphatic heterocycles. The Morgan fingerprint density at radius 1 is 1.19 bits per heavy atom. The van der Waals surface area contributed by atoms with Crippen LogP contribution < -0.4 is 5.32 Å². The Balaban J connectivity index is 1.69. The van der Waals surface area contributed by atoms with Crippen LogP contribution >= 0.6 is 11.8 Å². The molecule has 0 aliphatic carbocycles.